The summed E-state index contributed by atoms with van der Waals surface area (Å²) >= 11 is 17.5. The second kappa shape index (κ2) is 7.92. The van der Waals surface area contributed by atoms with Crippen LogP contribution in [0.1, 0.15) is 5.56 Å². The molecule has 7 nitrogen and oxygen atoms in total. The molecule has 0 radical (unpaired) electrons. The van der Waals surface area contributed by atoms with Crippen LogP contribution < -0.4 is 5.32 Å². The smallest absolute Gasteiger partial charge is 0.334 e. The van der Waals surface area contributed by atoms with Gasteiger partial charge in [-0.1, -0.05) is 40.9 Å². The highest BCUT2D eigenvalue weighted by atomic mass is 35.5. The van der Waals surface area contributed by atoms with E-state index in [2.05, 4.69) is 10.3 Å². The molecule has 0 aliphatic carbocycles. The number of aromatic nitrogens is 1. The highest BCUT2D eigenvalue weighted by Gasteiger charge is 2.33. The average Bonchev–Trinajstić information content (AvgIpc) is 2.93. The standard InChI is InChI=1S/C14H16Cl3N5O2/c1-20(2)11(13(16)17)12(22(23)24)14-18-5-6-21(14)8-9-3-4-10(15)19-7-9/h3-4,7,18H,5-6,8H2,1-2H3/b14-12-. The van der Waals surface area contributed by atoms with E-state index in [1.54, 1.807) is 26.4 Å². The van der Waals surface area contributed by atoms with Gasteiger partial charge in [0.15, 0.2) is 5.82 Å². The first-order valence-corrected chi connectivity index (χ1v) is 8.15. The molecule has 0 saturated carbocycles. The van der Waals surface area contributed by atoms with Gasteiger partial charge in [0.05, 0.1) is 4.92 Å². The van der Waals surface area contributed by atoms with Crippen LogP contribution in [-0.2, 0) is 6.54 Å². The van der Waals surface area contributed by atoms with Crippen molar-refractivity contribution in [3.05, 3.63) is 60.9 Å². The Morgan fingerprint density at radius 2 is 2.17 bits per heavy atom. The minimum atomic E-state index is -0.485. The molecule has 0 unspecified atom stereocenters. The summed E-state index contributed by atoms with van der Waals surface area (Å²) in [5, 5.41) is 15.1. The van der Waals surface area contributed by atoms with Crippen LogP contribution in [0.3, 0.4) is 0 Å². The number of rotatable bonds is 5. The SMILES string of the molecule is CN(C)C(=C(Cl)Cl)/C(=C1\NCCN1Cc1ccc(Cl)nc1)[N+](=O)[O-]. The average molecular weight is 393 g/mol. The number of nitrogens with zero attached hydrogens (tertiary/aromatic N) is 4. The molecule has 2 heterocycles. The molecule has 1 aliphatic rings. The maximum atomic E-state index is 11.7. The lowest BCUT2D eigenvalue weighted by molar-refractivity contribution is -0.424. The van der Waals surface area contributed by atoms with E-state index in [0.29, 0.717) is 30.6 Å². The van der Waals surface area contributed by atoms with Crippen LogP contribution in [0.2, 0.25) is 5.15 Å². The zero-order valence-electron chi connectivity index (χ0n) is 13.1. The molecule has 1 aromatic rings. The van der Waals surface area contributed by atoms with Gasteiger partial charge in [0.2, 0.25) is 0 Å². The highest BCUT2D eigenvalue weighted by molar-refractivity contribution is 6.56. The zero-order chi connectivity index (χ0) is 17.9. The second-order valence-corrected chi connectivity index (χ2v) is 6.63. The fourth-order valence-corrected chi connectivity index (χ4v) is 3.03. The third-order valence-electron chi connectivity index (χ3n) is 3.41. The lowest BCUT2D eigenvalue weighted by atomic mass is 10.2. The van der Waals surface area contributed by atoms with Gasteiger partial charge in [-0.15, -0.1) is 0 Å². The van der Waals surface area contributed by atoms with Crippen LogP contribution in [0, 0.1) is 10.1 Å². The fourth-order valence-electron chi connectivity index (χ4n) is 2.40. The lowest BCUT2D eigenvalue weighted by Crippen LogP contribution is -2.28. The molecule has 10 heteroatoms. The van der Waals surface area contributed by atoms with Crippen LogP contribution in [0.4, 0.5) is 0 Å². The fraction of sp³-hybridized carbons (Fsp3) is 0.357. The van der Waals surface area contributed by atoms with Crippen molar-refractivity contribution in [2.45, 2.75) is 6.54 Å². The highest BCUT2D eigenvalue weighted by Crippen LogP contribution is 2.28. The van der Waals surface area contributed by atoms with Gasteiger partial charge in [-0.05, 0) is 11.6 Å². The summed E-state index contributed by atoms with van der Waals surface area (Å²) < 4.78 is -0.166. The molecule has 1 saturated heterocycles. The Kier molecular flexibility index (Phi) is 6.15. The molecule has 130 valence electrons. The van der Waals surface area contributed by atoms with E-state index in [1.807, 2.05) is 11.0 Å². The topological polar surface area (TPSA) is 74.5 Å². The van der Waals surface area contributed by atoms with Crippen molar-refractivity contribution >= 4 is 34.8 Å². The van der Waals surface area contributed by atoms with Crippen molar-refractivity contribution in [1.82, 2.24) is 20.1 Å². The molecule has 0 amide bonds. The molecule has 1 fully saturated rings. The molecule has 1 N–H and O–H groups in total. The van der Waals surface area contributed by atoms with Gasteiger partial charge in [-0.2, -0.15) is 0 Å². The first-order chi connectivity index (χ1) is 11.3. The van der Waals surface area contributed by atoms with E-state index < -0.39 is 4.92 Å². The normalized spacial score (nSPS) is 15.8. The molecule has 24 heavy (non-hydrogen) atoms. The number of likely N-dealkylation sites (N-methyl/N-ethyl adjacent to an activating group) is 1. The molecular weight excluding hydrogens is 377 g/mol. The predicted octanol–water partition coefficient (Wildman–Crippen LogP) is 2.79. The van der Waals surface area contributed by atoms with Crippen molar-refractivity contribution in [3.63, 3.8) is 0 Å². The molecule has 2 rings (SSSR count). The molecule has 1 aromatic heterocycles. The maximum absolute atomic E-state index is 11.7. The molecule has 1 aliphatic heterocycles. The summed E-state index contributed by atoms with van der Waals surface area (Å²) in [6, 6.07) is 3.51. The summed E-state index contributed by atoms with van der Waals surface area (Å²) in [4.78, 5) is 18.6. The second-order valence-electron chi connectivity index (χ2n) is 5.30. The number of hydrogen-bond acceptors (Lipinski definition) is 6. The summed E-state index contributed by atoms with van der Waals surface area (Å²) in [5.41, 5.74) is 0.863. The zero-order valence-corrected chi connectivity index (χ0v) is 15.4. The third kappa shape index (κ3) is 4.23. The number of pyridine rings is 1. The number of nitrogens with one attached hydrogen (secondary N) is 1. The van der Waals surface area contributed by atoms with Gasteiger partial charge in [-0.25, -0.2) is 4.98 Å². The van der Waals surface area contributed by atoms with Crippen molar-refractivity contribution in [2.24, 2.45) is 0 Å². The minimum Gasteiger partial charge on any atom is -0.370 e. The van der Waals surface area contributed by atoms with Crippen LogP contribution in [0.5, 0.6) is 0 Å². The van der Waals surface area contributed by atoms with Gasteiger partial charge in [0.1, 0.15) is 15.3 Å². The van der Waals surface area contributed by atoms with Gasteiger partial charge in [0, 0.05) is 39.9 Å². The first kappa shape index (κ1) is 18.6. The van der Waals surface area contributed by atoms with Crippen LogP contribution in [-0.4, -0.2) is 46.9 Å². The van der Waals surface area contributed by atoms with E-state index in [-0.39, 0.29) is 15.9 Å². The Balaban J connectivity index is 2.43. The largest absolute Gasteiger partial charge is 0.370 e. The Bertz CT molecular complexity index is 684. The van der Waals surface area contributed by atoms with Gasteiger partial charge in [0.25, 0.3) is 0 Å². The minimum absolute atomic E-state index is 0.145. The molecular formula is C14H16Cl3N5O2. The number of hydrogen-bond donors (Lipinski definition) is 1. The van der Waals surface area contributed by atoms with Crippen LogP contribution >= 0.6 is 34.8 Å². The molecule has 0 spiro atoms. The van der Waals surface area contributed by atoms with Crippen LogP contribution in [0.25, 0.3) is 0 Å². The first-order valence-electron chi connectivity index (χ1n) is 7.02. The lowest BCUT2D eigenvalue weighted by Gasteiger charge is -2.22. The summed E-state index contributed by atoms with van der Waals surface area (Å²) in [6.45, 7) is 1.63. The van der Waals surface area contributed by atoms with E-state index >= 15 is 0 Å². The van der Waals surface area contributed by atoms with Crippen molar-refractivity contribution < 1.29 is 4.92 Å². The maximum Gasteiger partial charge on any atom is 0.334 e. The van der Waals surface area contributed by atoms with E-state index in [0.717, 1.165) is 5.56 Å². The van der Waals surface area contributed by atoms with Gasteiger partial charge < -0.3 is 15.1 Å². The van der Waals surface area contributed by atoms with E-state index in [4.69, 9.17) is 34.8 Å². The molecule has 0 aromatic carbocycles. The Morgan fingerprint density at radius 1 is 1.46 bits per heavy atom. The quantitative estimate of drug-likeness (QED) is 0.472. The summed E-state index contributed by atoms with van der Waals surface area (Å²) in [7, 11) is 3.29. The van der Waals surface area contributed by atoms with Crippen molar-refractivity contribution in [2.75, 3.05) is 27.2 Å². The van der Waals surface area contributed by atoms with Gasteiger partial charge in [-0.3, -0.25) is 10.1 Å². The van der Waals surface area contributed by atoms with Gasteiger partial charge >= 0.3 is 5.70 Å². The Morgan fingerprint density at radius 3 is 2.67 bits per heavy atom. The summed E-state index contributed by atoms with van der Waals surface area (Å²) in [5.74, 6) is 0.373. The van der Waals surface area contributed by atoms with Crippen molar-refractivity contribution in [1.29, 1.82) is 0 Å². The Labute approximate surface area is 154 Å². The monoisotopic (exact) mass is 391 g/mol. The number of nitro groups is 1. The summed E-state index contributed by atoms with van der Waals surface area (Å²) in [6.07, 6.45) is 1.64. The van der Waals surface area contributed by atoms with Crippen molar-refractivity contribution in [3.8, 4) is 0 Å². The van der Waals surface area contributed by atoms with E-state index in [1.165, 1.54) is 4.90 Å². The number of halogens is 3. The molecule has 0 bridgehead atoms. The Hall–Kier alpha value is -1.70. The third-order valence-corrected chi connectivity index (χ3v) is 3.99. The predicted molar refractivity (Wildman–Crippen MR) is 94.1 cm³/mol. The van der Waals surface area contributed by atoms with E-state index in [9.17, 15) is 10.1 Å². The molecule has 0 atom stereocenters. The van der Waals surface area contributed by atoms with Crippen LogP contribution in [0.15, 0.2) is 40.0 Å².